The number of hydrogen-bond acceptors (Lipinski definition) is 3. The van der Waals surface area contributed by atoms with E-state index in [9.17, 15) is 9.90 Å². The van der Waals surface area contributed by atoms with Crippen LogP contribution < -0.4 is 4.74 Å². The van der Waals surface area contributed by atoms with E-state index in [1.54, 1.807) is 18.2 Å². The van der Waals surface area contributed by atoms with Crippen LogP contribution >= 0.6 is 0 Å². The SMILES string of the molecule is O=C(O)c1cccc2nc(C=Cc3ccc(OCc4ccccc4)cc3)[nH]c12. The van der Waals surface area contributed by atoms with Crippen molar-refractivity contribution in [1.29, 1.82) is 0 Å². The standard InChI is InChI=1S/C23H18N2O3/c26-23(27)19-7-4-8-20-22(19)25-21(24-20)14-11-16-9-12-18(13-10-16)28-15-17-5-2-1-3-6-17/h1-14H,15H2,(H,24,25)(H,26,27). The third-order valence-electron chi connectivity index (χ3n) is 4.33. The van der Waals surface area contributed by atoms with E-state index in [1.807, 2.05) is 66.7 Å². The average molecular weight is 370 g/mol. The van der Waals surface area contributed by atoms with Crippen LogP contribution in [0.5, 0.6) is 5.75 Å². The molecule has 0 saturated carbocycles. The molecule has 0 saturated heterocycles. The summed E-state index contributed by atoms with van der Waals surface area (Å²) < 4.78 is 5.79. The topological polar surface area (TPSA) is 75.2 Å². The zero-order valence-corrected chi connectivity index (χ0v) is 15.0. The quantitative estimate of drug-likeness (QED) is 0.500. The number of nitrogens with zero attached hydrogens (tertiary/aromatic N) is 1. The lowest BCUT2D eigenvalue weighted by molar-refractivity contribution is 0.0699. The van der Waals surface area contributed by atoms with Gasteiger partial charge in [-0.3, -0.25) is 0 Å². The highest BCUT2D eigenvalue weighted by Crippen LogP contribution is 2.19. The minimum absolute atomic E-state index is 0.213. The maximum Gasteiger partial charge on any atom is 0.337 e. The molecule has 3 aromatic carbocycles. The van der Waals surface area contributed by atoms with Crippen molar-refractivity contribution >= 4 is 29.2 Å². The molecule has 138 valence electrons. The second kappa shape index (κ2) is 7.80. The maximum absolute atomic E-state index is 11.3. The van der Waals surface area contributed by atoms with Crippen LogP contribution in [0.4, 0.5) is 0 Å². The summed E-state index contributed by atoms with van der Waals surface area (Å²) in [4.78, 5) is 18.8. The van der Waals surface area contributed by atoms with Gasteiger partial charge in [0.2, 0.25) is 0 Å². The molecule has 0 bridgehead atoms. The minimum Gasteiger partial charge on any atom is -0.489 e. The molecule has 0 aliphatic rings. The van der Waals surface area contributed by atoms with Crippen LogP contribution in [0.1, 0.15) is 27.3 Å². The molecule has 0 spiro atoms. The summed E-state index contributed by atoms with van der Waals surface area (Å²) in [5.41, 5.74) is 3.48. The molecule has 2 N–H and O–H groups in total. The van der Waals surface area contributed by atoms with Crippen molar-refractivity contribution < 1.29 is 14.6 Å². The smallest absolute Gasteiger partial charge is 0.337 e. The van der Waals surface area contributed by atoms with E-state index in [2.05, 4.69) is 9.97 Å². The van der Waals surface area contributed by atoms with E-state index in [4.69, 9.17) is 4.74 Å². The molecule has 1 heterocycles. The van der Waals surface area contributed by atoms with Gasteiger partial charge in [0, 0.05) is 0 Å². The largest absolute Gasteiger partial charge is 0.489 e. The lowest BCUT2D eigenvalue weighted by atomic mass is 10.2. The number of carbonyl (C=O) groups is 1. The number of hydrogen-bond donors (Lipinski definition) is 2. The van der Waals surface area contributed by atoms with Gasteiger partial charge in [-0.05, 0) is 41.5 Å². The predicted octanol–water partition coefficient (Wildman–Crippen LogP) is 5.01. The molecule has 5 heteroatoms. The molecule has 0 amide bonds. The first-order valence-electron chi connectivity index (χ1n) is 8.86. The van der Waals surface area contributed by atoms with Gasteiger partial charge < -0.3 is 14.8 Å². The molecule has 28 heavy (non-hydrogen) atoms. The molecule has 4 rings (SSSR count). The van der Waals surface area contributed by atoms with Crippen molar-refractivity contribution in [3.63, 3.8) is 0 Å². The van der Waals surface area contributed by atoms with Crippen LogP contribution in [0, 0.1) is 0 Å². The molecule has 0 aliphatic heterocycles. The van der Waals surface area contributed by atoms with E-state index in [0.29, 0.717) is 23.5 Å². The fourth-order valence-electron chi connectivity index (χ4n) is 2.90. The van der Waals surface area contributed by atoms with Crippen molar-refractivity contribution in [3.05, 3.63) is 95.3 Å². The molecule has 0 aliphatic carbocycles. The summed E-state index contributed by atoms with van der Waals surface area (Å²) in [5.74, 6) is 0.430. The maximum atomic E-state index is 11.3. The number of carboxylic acids is 1. The third-order valence-corrected chi connectivity index (χ3v) is 4.33. The lowest BCUT2D eigenvalue weighted by Crippen LogP contribution is -1.96. The van der Waals surface area contributed by atoms with Gasteiger partial charge in [-0.25, -0.2) is 9.78 Å². The lowest BCUT2D eigenvalue weighted by Gasteiger charge is -2.06. The fourth-order valence-corrected chi connectivity index (χ4v) is 2.90. The van der Waals surface area contributed by atoms with Crippen molar-refractivity contribution in [2.45, 2.75) is 6.61 Å². The van der Waals surface area contributed by atoms with Gasteiger partial charge >= 0.3 is 5.97 Å². The predicted molar refractivity (Wildman–Crippen MR) is 109 cm³/mol. The number of aromatic amines is 1. The zero-order chi connectivity index (χ0) is 19.3. The monoisotopic (exact) mass is 370 g/mol. The number of aromatic carboxylic acids is 1. The molecule has 5 nitrogen and oxygen atoms in total. The van der Waals surface area contributed by atoms with Crippen LogP contribution in [0.15, 0.2) is 72.8 Å². The molecule has 1 aromatic heterocycles. The summed E-state index contributed by atoms with van der Waals surface area (Å²) in [6.07, 6.45) is 3.74. The number of benzene rings is 3. The Bertz CT molecular complexity index is 1130. The minimum atomic E-state index is -0.976. The Morgan fingerprint density at radius 3 is 2.50 bits per heavy atom. The Morgan fingerprint density at radius 1 is 0.964 bits per heavy atom. The molecule has 0 fully saturated rings. The van der Waals surface area contributed by atoms with E-state index in [1.165, 1.54) is 0 Å². The molecular formula is C23H18N2O3. The highest BCUT2D eigenvalue weighted by atomic mass is 16.5. The van der Waals surface area contributed by atoms with Gasteiger partial charge in [0.05, 0.1) is 16.6 Å². The number of aromatic nitrogens is 2. The summed E-state index contributed by atoms with van der Waals surface area (Å²) >= 11 is 0. The first kappa shape index (κ1) is 17.5. The Hall–Kier alpha value is -3.86. The number of fused-ring (bicyclic) bond motifs is 1. The second-order valence-electron chi connectivity index (χ2n) is 6.30. The van der Waals surface area contributed by atoms with Gasteiger partial charge in [0.1, 0.15) is 18.2 Å². The van der Waals surface area contributed by atoms with E-state index < -0.39 is 5.97 Å². The van der Waals surface area contributed by atoms with Crippen LogP contribution in [-0.4, -0.2) is 21.0 Å². The van der Waals surface area contributed by atoms with Crippen LogP contribution in [0.25, 0.3) is 23.2 Å². The van der Waals surface area contributed by atoms with E-state index in [0.717, 1.165) is 16.9 Å². The summed E-state index contributed by atoms with van der Waals surface area (Å²) in [7, 11) is 0. The Kier molecular flexibility index (Phi) is 4.89. The first-order chi connectivity index (χ1) is 13.7. The van der Waals surface area contributed by atoms with Crippen molar-refractivity contribution in [2.24, 2.45) is 0 Å². The second-order valence-corrected chi connectivity index (χ2v) is 6.30. The zero-order valence-electron chi connectivity index (χ0n) is 15.0. The first-order valence-corrected chi connectivity index (χ1v) is 8.86. The number of ether oxygens (including phenoxy) is 1. The molecule has 0 radical (unpaired) electrons. The molecule has 4 aromatic rings. The van der Waals surface area contributed by atoms with Crippen LogP contribution in [0.3, 0.4) is 0 Å². The third kappa shape index (κ3) is 3.94. The summed E-state index contributed by atoms with van der Waals surface area (Å²) in [5, 5.41) is 9.26. The normalized spacial score (nSPS) is 11.1. The van der Waals surface area contributed by atoms with Crippen LogP contribution in [0.2, 0.25) is 0 Å². The number of imidazole rings is 1. The Morgan fingerprint density at radius 2 is 1.75 bits per heavy atom. The van der Waals surface area contributed by atoms with Gasteiger partial charge in [-0.1, -0.05) is 54.6 Å². The van der Waals surface area contributed by atoms with Crippen molar-refractivity contribution in [3.8, 4) is 5.75 Å². The number of carboxylic acid groups (broad SMARTS) is 1. The molecule has 0 atom stereocenters. The van der Waals surface area contributed by atoms with Gasteiger partial charge in [-0.2, -0.15) is 0 Å². The average Bonchev–Trinajstić information content (AvgIpc) is 3.15. The highest BCUT2D eigenvalue weighted by Gasteiger charge is 2.10. The molecular weight excluding hydrogens is 352 g/mol. The van der Waals surface area contributed by atoms with Crippen LogP contribution in [-0.2, 0) is 6.61 Å². The van der Waals surface area contributed by atoms with E-state index >= 15 is 0 Å². The molecule has 0 unspecified atom stereocenters. The van der Waals surface area contributed by atoms with Gasteiger partial charge in [-0.15, -0.1) is 0 Å². The Balaban J connectivity index is 1.45. The van der Waals surface area contributed by atoms with Gasteiger partial charge in [0.25, 0.3) is 0 Å². The highest BCUT2D eigenvalue weighted by molar-refractivity contribution is 6.01. The number of rotatable bonds is 6. The number of H-pyrrole nitrogens is 1. The van der Waals surface area contributed by atoms with Crippen molar-refractivity contribution in [1.82, 2.24) is 9.97 Å². The number of para-hydroxylation sites is 1. The summed E-state index contributed by atoms with van der Waals surface area (Å²) in [6, 6.07) is 22.8. The number of nitrogens with one attached hydrogen (secondary N) is 1. The summed E-state index contributed by atoms with van der Waals surface area (Å²) in [6.45, 7) is 0.529. The van der Waals surface area contributed by atoms with Crippen molar-refractivity contribution in [2.75, 3.05) is 0 Å². The fraction of sp³-hybridized carbons (Fsp3) is 0.0435. The van der Waals surface area contributed by atoms with E-state index in [-0.39, 0.29) is 5.56 Å². The Labute approximate surface area is 161 Å². The van der Waals surface area contributed by atoms with Gasteiger partial charge in [0.15, 0.2) is 0 Å².